The Morgan fingerprint density at radius 2 is 2.05 bits per heavy atom. The lowest BCUT2D eigenvalue weighted by Crippen LogP contribution is -2.41. The lowest BCUT2D eigenvalue weighted by atomic mass is 9.88. The number of benzene rings is 1. The first-order valence-electron chi connectivity index (χ1n) is 7.03. The first kappa shape index (κ1) is 14.7. The van der Waals surface area contributed by atoms with Crippen molar-refractivity contribution in [3.05, 3.63) is 29.8 Å². The lowest BCUT2D eigenvalue weighted by Gasteiger charge is -2.35. The molecule has 1 heterocycles. The third-order valence-electron chi connectivity index (χ3n) is 3.62. The molecule has 0 radical (unpaired) electrons. The zero-order chi connectivity index (χ0) is 13.7. The van der Waals surface area contributed by atoms with Gasteiger partial charge in [0.1, 0.15) is 5.75 Å². The minimum atomic E-state index is 0.487. The van der Waals surface area contributed by atoms with Crippen LogP contribution in [0.4, 0.5) is 0 Å². The van der Waals surface area contributed by atoms with Gasteiger partial charge in [0.2, 0.25) is 0 Å². The standard InChI is InChI=1S/C16H25NOS/c1-16(2)10-14(11-19-12-16)17-9-8-13-4-6-15(18-3)7-5-13/h4-7,14,17H,8-12H2,1-3H3. The van der Waals surface area contributed by atoms with Gasteiger partial charge in [0.25, 0.3) is 0 Å². The van der Waals surface area contributed by atoms with E-state index < -0.39 is 0 Å². The molecule has 1 aliphatic heterocycles. The summed E-state index contributed by atoms with van der Waals surface area (Å²) in [6.07, 6.45) is 2.38. The fourth-order valence-electron chi connectivity index (χ4n) is 2.61. The predicted molar refractivity (Wildman–Crippen MR) is 84.2 cm³/mol. The second kappa shape index (κ2) is 6.67. The van der Waals surface area contributed by atoms with Gasteiger partial charge in [-0.2, -0.15) is 11.8 Å². The molecule has 1 saturated heterocycles. The van der Waals surface area contributed by atoms with Crippen molar-refractivity contribution in [3.8, 4) is 5.75 Å². The number of thioether (sulfide) groups is 1. The Hall–Kier alpha value is -0.670. The minimum absolute atomic E-state index is 0.487. The smallest absolute Gasteiger partial charge is 0.118 e. The van der Waals surface area contributed by atoms with Crippen LogP contribution < -0.4 is 10.1 Å². The summed E-state index contributed by atoms with van der Waals surface area (Å²) in [7, 11) is 1.71. The highest BCUT2D eigenvalue weighted by Crippen LogP contribution is 2.33. The van der Waals surface area contributed by atoms with E-state index in [4.69, 9.17) is 4.74 Å². The molecular formula is C16H25NOS. The van der Waals surface area contributed by atoms with Crippen molar-refractivity contribution in [1.29, 1.82) is 0 Å². The van der Waals surface area contributed by atoms with Crippen LogP contribution >= 0.6 is 11.8 Å². The number of nitrogens with one attached hydrogen (secondary N) is 1. The van der Waals surface area contributed by atoms with Gasteiger partial charge >= 0.3 is 0 Å². The molecule has 0 bridgehead atoms. The first-order chi connectivity index (χ1) is 9.09. The van der Waals surface area contributed by atoms with Gasteiger partial charge in [-0.15, -0.1) is 0 Å². The van der Waals surface area contributed by atoms with Gasteiger partial charge in [0.05, 0.1) is 7.11 Å². The van der Waals surface area contributed by atoms with Gasteiger partial charge in [0.15, 0.2) is 0 Å². The monoisotopic (exact) mass is 279 g/mol. The Morgan fingerprint density at radius 1 is 1.32 bits per heavy atom. The Kier molecular flexibility index (Phi) is 5.17. The number of ether oxygens (including phenoxy) is 1. The summed E-state index contributed by atoms with van der Waals surface area (Å²) in [6.45, 7) is 5.81. The zero-order valence-corrected chi connectivity index (χ0v) is 13.1. The molecular weight excluding hydrogens is 254 g/mol. The van der Waals surface area contributed by atoms with E-state index in [-0.39, 0.29) is 0 Å². The Balaban J connectivity index is 1.73. The van der Waals surface area contributed by atoms with E-state index in [1.165, 1.54) is 23.5 Å². The van der Waals surface area contributed by atoms with Crippen LogP contribution in [0, 0.1) is 5.41 Å². The molecule has 2 rings (SSSR count). The summed E-state index contributed by atoms with van der Waals surface area (Å²) in [6, 6.07) is 9.05. The van der Waals surface area contributed by atoms with Crippen LogP contribution in [-0.4, -0.2) is 31.2 Å². The van der Waals surface area contributed by atoms with Crippen molar-refractivity contribution in [2.45, 2.75) is 32.7 Å². The molecule has 2 nitrogen and oxygen atoms in total. The molecule has 1 aromatic carbocycles. The maximum atomic E-state index is 5.17. The number of methoxy groups -OCH3 is 1. The van der Waals surface area contributed by atoms with Gasteiger partial charge in [0, 0.05) is 11.8 Å². The predicted octanol–water partition coefficient (Wildman–Crippen LogP) is 3.36. The maximum Gasteiger partial charge on any atom is 0.118 e. The van der Waals surface area contributed by atoms with Crippen LogP contribution in [0.2, 0.25) is 0 Å². The van der Waals surface area contributed by atoms with Crippen molar-refractivity contribution in [2.75, 3.05) is 25.2 Å². The highest BCUT2D eigenvalue weighted by molar-refractivity contribution is 7.99. The molecule has 1 aliphatic rings. The van der Waals surface area contributed by atoms with Crippen LogP contribution in [0.25, 0.3) is 0 Å². The normalized spacial score (nSPS) is 22.2. The van der Waals surface area contributed by atoms with Gasteiger partial charge in [-0.05, 0) is 48.3 Å². The van der Waals surface area contributed by atoms with Crippen LogP contribution in [0.3, 0.4) is 0 Å². The third kappa shape index (κ3) is 4.73. The van der Waals surface area contributed by atoms with E-state index in [2.05, 4.69) is 43.1 Å². The molecule has 1 aromatic rings. The van der Waals surface area contributed by atoms with Crippen LogP contribution in [0.15, 0.2) is 24.3 Å². The summed E-state index contributed by atoms with van der Waals surface area (Å²) in [5, 5.41) is 3.70. The second-order valence-corrected chi connectivity index (χ2v) is 7.16. The molecule has 106 valence electrons. The summed E-state index contributed by atoms with van der Waals surface area (Å²) in [5.74, 6) is 3.48. The van der Waals surface area contributed by atoms with Gasteiger partial charge < -0.3 is 10.1 Å². The quantitative estimate of drug-likeness (QED) is 0.893. The SMILES string of the molecule is COc1ccc(CCNC2CSCC(C)(C)C2)cc1. The minimum Gasteiger partial charge on any atom is -0.497 e. The number of rotatable bonds is 5. The number of hydrogen-bond acceptors (Lipinski definition) is 3. The molecule has 3 heteroatoms. The van der Waals surface area contributed by atoms with E-state index in [1.807, 2.05) is 12.1 Å². The first-order valence-corrected chi connectivity index (χ1v) is 8.19. The summed E-state index contributed by atoms with van der Waals surface area (Å²) >= 11 is 2.08. The Morgan fingerprint density at radius 3 is 2.68 bits per heavy atom. The Bertz CT molecular complexity index is 388. The van der Waals surface area contributed by atoms with Crippen LogP contribution in [-0.2, 0) is 6.42 Å². The molecule has 0 saturated carbocycles. The van der Waals surface area contributed by atoms with E-state index in [0.717, 1.165) is 18.7 Å². The zero-order valence-electron chi connectivity index (χ0n) is 12.2. The van der Waals surface area contributed by atoms with Crippen molar-refractivity contribution in [2.24, 2.45) is 5.41 Å². The summed E-state index contributed by atoms with van der Waals surface area (Å²) < 4.78 is 5.17. The molecule has 0 spiro atoms. The van der Waals surface area contributed by atoms with Crippen molar-refractivity contribution in [3.63, 3.8) is 0 Å². The van der Waals surface area contributed by atoms with Gasteiger partial charge in [-0.25, -0.2) is 0 Å². The summed E-state index contributed by atoms with van der Waals surface area (Å²) in [4.78, 5) is 0. The highest BCUT2D eigenvalue weighted by atomic mass is 32.2. The largest absolute Gasteiger partial charge is 0.497 e. The number of hydrogen-bond donors (Lipinski definition) is 1. The fraction of sp³-hybridized carbons (Fsp3) is 0.625. The average Bonchev–Trinajstić information content (AvgIpc) is 2.38. The molecule has 0 aliphatic carbocycles. The van der Waals surface area contributed by atoms with Crippen LogP contribution in [0.5, 0.6) is 5.75 Å². The summed E-state index contributed by atoms with van der Waals surface area (Å²) in [5.41, 5.74) is 1.86. The molecule has 1 fully saturated rings. The molecule has 1 unspecified atom stereocenters. The van der Waals surface area contributed by atoms with Crippen molar-refractivity contribution >= 4 is 11.8 Å². The lowest BCUT2D eigenvalue weighted by molar-refractivity contribution is 0.319. The third-order valence-corrected chi connectivity index (χ3v) is 5.24. The average molecular weight is 279 g/mol. The van der Waals surface area contributed by atoms with E-state index >= 15 is 0 Å². The van der Waals surface area contributed by atoms with E-state index in [0.29, 0.717) is 11.5 Å². The van der Waals surface area contributed by atoms with Crippen molar-refractivity contribution in [1.82, 2.24) is 5.32 Å². The van der Waals surface area contributed by atoms with Gasteiger partial charge in [-0.3, -0.25) is 0 Å². The highest BCUT2D eigenvalue weighted by Gasteiger charge is 2.27. The molecule has 0 aromatic heterocycles. The second-order valence-electron chi connectivity index (χ2n) is 6.13. The maximum absolute atomic E-state index is 5.17. The van der Waals surface area contributed by atoms with Crippen molar-refractivity contribution < 1.29 is 4.74 Å². The molecule has 19 heavy (non-hydrogen) atoms. The molecule has 1 N–H and O–H groups in total. The topological polar surface area (TPSA) is 21.3 Å². The molecule has 1 atom stereocenters. The Labute approximate surface area is 121 Å². The van der Waals surface area contributed by atoms with Gasteiger partial charge in [-0.1, -0.05) is 26.0 Å². The van der Waals surface area contributed by atoms with Crippen LogP contribution in [0.1, 0.15) is 25.8 Å². The van der Waals surface area contributed by atoms with E-state index in [9.17, 15) is 0 Å². The van der Waals surface area contributed by atoms with E-state index in [1.54, 1.807) is 7.11 Å². The molecule has 0 amide bonds. The fourth-order valence-corrected chi connectivity index (χ4v) is 3.91.